The third kappa shape index (κ3) is 3.01. The second-order valence-corrected chi connectivity index (χ2v) is 6.15. The van der Waals surface area contributed by atoms with Gasteiger partial charge in [-0.3, -0.25) is 4.79 Å². The summed E-state index contributed by atoms with van der Waals surface area (Å²) in [6, 6.07) is 5.67. The molecule has 124 valence electrons. The van der Waals surface area contributed by atoms with Gasteiger partial charge in [0, 0.05) is 32.2 Å². The number of carbonyl (C=O) groups is 2. The molecule has 7 heteroatoms. The molecule has 23 heavy (non-hydrogen) atoms. The van der Waals surface area contributed by atoms with Crippen LogP contribution in [0.3, 0.4) is 0 Å². The normalized spacial score (nSPS) is 26.7. The predicted molar refractivity (Wildman–Crippen MR) is 79.2 cm³/mol. The summed E-state index contributed by atoms with van der Waals surface area (Å²) in [5.74, 6) is -1.41. The molecular formula is C16H19FN2O4. The highest BCUT2D eigenvalue weighted by Gasteiger charge is 2.54. The number of fused-ring (bicyclic) bond motifs is 1. The fraction of sp³-hybridized carbons (Fsp3) is 0.500. The first-order valence-corrected chi connectivity index (χ1v) is 7.60. The topological polar surface area (TPSA) is 78.9 Å². The van der Waals surface area contributed by atoms with Crippen LogP contribution in [0.25, 0.3) is 0 Å². The van der Waals surface area contributed by atoms with Gasteiger partial charge in [-0.05, 0) is 24.1 Å². The number of carboxylic acid groups (broad SMARTS) is 1. The molecule has 0 radical (unpaired) electrons. The summed E-state index contributed by atoms with van der Waals surface area (Å²) in [7, 11) is 0. The van der Waals surface area contributed by atoms with Crippen molar-refractivity contribution >= 4 is 12.0 Å². The summed E-state index contributed by atoms with van der Waals surface area (Å²) in [4.78, 5) is 25.5. The number of carbonyl (C=O) groups excluding carboxylic acids is 1. The Morgan fingerprint density at radius 3 is 3.00 bits per heavy atom. The Kier molecular flexibility index (Phi) is 4.21. The number of likely N-dealkylation sites (tertiary alicyclic amines) is 1. The number of urea groups is 1. The molecule has 3 rings (SSSR count). The van der Waals surface area contributed by atoms with E-state index in [0.717, 1.165) is 0 Å². The highest BCUT2D eigenvalue weighted by Crippen LogP contribution is 2.42. The molecule has 6 nitrogen and oxygen atoms in total. The van der Waals surface area contributed by atoms with Crippen molar-refractivity contribution in [3.8, 4) is 0 Å². The van der Waals surface area contributed by atoms with Crippen LogP contribution in [0.2, 0.25) is 0 Å². The summed E-state index contributed by atoms with van der Waals surface area (Å²) >= 11 is 0. The van der Waals surface area contributed by atoms with Gasteiger partial charge in [0.15, 0.2) is 0 Å². The number of nitrogens with zero attached hydrogens (tertiary/aromatic N) is 1. The summed E-state index contributed by atoms with van der Waals surface area (Å²) in [5.41, 5.74) is -0.250. The van der Waals surface area contributed by atoms with Gasteiger partial charge in [-0.25, -0.2) is 9.18 Å². The summed E-state index contributed by atoms with van der Waals surface area (Å²) in [6.07, 6.45) is 0.417. The third-order valence-electron chi connectivity index (χ3n) is 4.75. The number of nitrogens with one attached hydrogen (secondary N) is 1. The molecule has 2 heterocycles. The highest BCUT2D eigenvalue weighted by atomic mass is 19.1. The maximum absolute atomic E-state index is 13.1. The number of halogens is 1. The number of rotatable bonds is 3. The lowest BCUT2D eigenvalue weighted by Crippen LogP contribution is -2.45. The second kappa shape index (κ2) is 6.16. The molecule has 2 aliphatic rings. The van der Waals surface area contributed by atoms with Gasteiger partial charge in [0.2, 0.25) is 0 Å². The summed E-state index contributed by atoms with van der Waals surface area (Å²) in [5, 5.41) is 12.3. The molecule has 2 fully saturated rings. The maximum atomic E-state index is 13.1. The van der Waals surface area contributed by atoms with Crippen molar-refractivity contribution in [2.45, 2.75) is 13.0 Å². The van der Waals surface area contributed by atoms with E-state index in [1.54, 1.807) is 12.1 Å². The Morgan fingerprint density at radius 2 is 2.30 bits per heavy atom. The number of ether oxygens (including phenoxy) is 1. The van der Waals surface area contributed by atoms with Crippen molar-refractivity contribution in [3.63, 3.8) is 0 Å². The van der Waals surface area contributed by atoms with Gasteiger partial charge in [0.05, 0.1) is 12.0 Å². The SMILES string of the molecule is O=C(NCc1cccc(F)c1)N1C[C@@H]2COCC[C@]2(C(=O)O)C1. The van der Waals surface area contributed by atoms with Crippen LogP contribution >= 0.6 is 0 Å². The Labute approximate surface area is 133 Å². The molecule has 2 amide bonds. The van der Waals surface area contributed by atoms with Crippen molar-refractivity contribution in [1.29, 1.82) is 0 Å². The first-order chi connectivity index (χ1) is 11.0. The lowest BCUT2D eigenvalue weighted by molar-refractivity contribution is -0.157. The van der Waals surface area contributed by atoms with Gasteiger partial charge in [0.1, 0.15) is 5.82 Å². The van der Waals surface area contributed by atoms with Crippen LogP contribution in [0, 0.1) is 17.2 Å². The lowest BCUT2D eigenvalue weighted by Gasteiger charge is -2.33. The molecule has 2 atom stereocenters. The molecule has 0 spiro atoms. The number of carboxylic acids is 1. The quantitative estimate of drug-likeness (QED) is 0.883. The fourth-order valence-electron chi connectivity index (χ4n) is 3.39. The fourth-order valence-corrected chi connectivity index (χ4v) is 3.39. The van der Waals surface area contributed by atoms with Gasteiger partial charge < -0.3 is 20.1 Å². The third-order valence-corrected chi connectivity index (χ3v) is 4.75. The molecule has 1 aromatic carbocycles. The van der Waals surface area contributed by atoms with Crippen LogP contribution in [0.4, 0.5) is 9.18 Å². The maximum Gasteiger partial charge on any atom is 0.317 e. The van der Waals surface area contributed by atoms with E-state index in [0.29, 0.717) is 31.7 Å². The van der Waals surface area contributed by atoms with Crippen molar-refractivity contribution in [2.75, 3.05) is 26.3 Å². The van der Waals surface area contributed by atoms with Crippen LogP contribution in [-0.4, -0.2) is 48.3 Å². The van der Waals surface area contributed by atoms with Gasteiger partial charge in [-0.1, -0.05) is 12.1 Å². The predicted octanol–water partition coefficient (Wildman–Crippen LogP) is 1.46. The van der Waals surface area contributed by atoms with E-state index in [-0.39, 0.29) is 30.9 Å². The zero-order valence-electron chi connectivity index (χ0n) is 12.6. The van der Waals surface area contributed by atoms with Crippen LogP contribution in [0.1, 0.15) is 12.0 Å². The number of hydrogen-bond acceptors (Lipinski definition) is 3. The zero-order chi connectivity index (χ0) is 16.4. The van der Waals surface area contributed by atoms with Gasteiger partial charge in [0.25, 0.3) is 0 Å². The average molecular weight is 322 g/mol. The van der Waals surface area contributed by atoms with E-state index >= 15 is 0 Å². The summed E-state index contributed by atoms with van der Waals surface area (Å²) < 4.78 is 18.5. The Hall–Kier alpha value is -2.15. The zero-order valence-corrected chi connectivity index (χ0v) is 12.6. The first kappa shape index (κ1) is 15.7. The van der Waals surface area contributed by atoms with Crippen molar-refractivity contribution < 1.29 is 23.8 Å². The molecule has 2 aliphatic heterocycles. The van der Waals surface area contributed by atoms with Gasteiger partial charge in [-0.15, -0.1) is 0 Å². The van der Waals surface area contributed by atoms with E-state index in [9.17, 15) is 19.1 Å². The number of amides is 2. The minimum Gasteiger partial charge on any atom is -0.481 e. The highest BCUT2D eigenvalue weighted by molar-refractivity contribution is 5.80. The molecule has 0 aromatic heterocycles. The minimum atomic E-state index is -0.908. The van der Waals surface area contributed by atoms with E-state index < -0.39 is 11.4 Å². The van der Waals surface area contributed by atoms with Crippen LogP contribution in [0.15, 0.2) is 24.3 Å². The smallest absolute Gasteiger partial charge is 0.317 e. The second-order valence-electron chi connectivity index (χ2n) is 6.15. The largest absolute Gasteiger partial charge is 0.481 e. The molecule has 0 saturated carbocycles. The monoisotopic (exact) mass is 322 g/mol. The van der Waals surface area contributed by atoms with Crippen molar-refractivity contribution in [1.82, 2.24) is 10.2 Å². The van der Waals surface area contributed by atoms with E-state index in [1.165, 1.54) is 17.0 Å². The van der Waals surface area contributed by atoms with E-state index in [2.05, 4.69) is 5.32 Å². The Bertz CT molecular complexity index is 624. The van der Waals surface area contributed by atoms with Crippen LogP contribution in [0.5, 0.6) is 0 Å². The molecule has 0 bridgehead atoms. The summed E-state index contributed by atoms with van der Waals surface area (Å²) in [6.45, 7) is 1.52. The van der Waals surface area contributed by atoms with Gasteiger partial charge >= 0.3 is 12.0 Å². The first-order valence-electron chi connectivity index (χ1n) is 7.60. The lowest BCUT2D eigenvalue weighted by atomic mass is 9.74. The number of aliphatic carboxylic acids is 1. The molecule has 0 aliphatic carbocycles. The van der Waals surface area contributed by atoms with E-state index in [4.69, 9.17) is 4.74 Å². The Morgan fingerprint density at radius 1 is 1.48 bits per heavy atom. The number of benzene rings is 1. The molecule has 1 aromatic rings. The van der Waals surface area contributed by atoms with Crippen molar-refractivity contribution in [3.05, 3.63) is 35.6 Å². The Balaban J connectivity index is 1.63. The standard InChI is InChI=1S/C16H19FN2O4/c17-13-3-1-2-11(6-13)7-18-15(22)19-8-12-9-23-5-4-16(12,10-19)14(20)21/h1-3,6,12H,4-5,7-10H2,(H,18,22)(H,20,21)/t12-,16+/m1/s1. The number of hydrogen-bond donors (Lipinski definition) is 2. The molecule has 2 N–H and O–H groups in total. The van der Waals surface area contributed by atoms with Crippen LogP contribution < -0.4 is 5.32 Å². The average Bonchev–Trinajstić information content (AvgIpc) is 2.94. The van der Waals surface area contributed by atoms with Crippen LogP contribution in [-0.2, 0) is 16.1 Å². The van der Waals surface area contributed by atoms with Gasteiger partial charge in [-0.2, -0.15) is 0 Å². The molecule has 0 unspecified atom stereocenters. The van der Waals surface area contributed by atoms with E-state index in [1.807, 2.05) is 0 Å². The molecule has 2 saturated heterocycles. The molecular weight excluding hydrogens is 303 g/mol. The minimum absolute atomic E-state index is 0.186. The van der Waals surface area contributed by atoms with Crippen molar-refractivity contribution in [2.24, 2.45) is 11.3 Å².